The first-order valence-corrected chi connectivity index (χ1v) is 5.93. The molecule has 1 aliphatic carbocycles. The standard InChI is InChI=1S/C12H25NO/c1-5-13-12(9(2)3)11(8-14-4)10-6-7-10/h9-13H,5-8H2,1-4H3. The molecule has 0 bridgehead atoms. The van der Waals surface area contributed by atoms with Crippen LogP contribution in [-0.2, 0) is 4.74 Å². The molecule has 14 heavy (non-hydrogen) atoms. The Balaban J connectivity index is 2.50. The molecule has 1 N–H and O–H groups in total. The van der Waals surface area contributed by atoms with Crippen molar-refractivity contribution >= 4 is 0 Å². The molecule has 2 nitrogen and oxygen atoms in total. The maximum atomic E-state index is 5.34. The van der Waals surface area contributed by atoms with Crippen molar-refractivity contribution in [2.45, 2.75) is 39.7 Å². The highest BCUT2D eigenvalue weighted by atomic mass is 16.5. The highest BCUT2D eigenvalue weighted by molar-refractivity contribution is 4.90. The summed E-state index contributed by atoms with van der Waals surface area (Å²) in [6.07, 6.45) is 2.81. The van der Waals surface area contributed by atoms with Crippen LogP contribution in [0.25, 0.3) is 0 Å². The summed E-state index contributed by atoms with van der Waals surface area (Å²) in [6, 6.07) is 0.632. The average molecular weight is 199 g/mol. The number of nitrogens with one attached hydrogen (secondary N) is 1. The lowest BCUT2D eigenvalue weighted by Gasteiger charge is -2.30. The van der Waals surface area contributed by atoms with Crippen LogP contribution in [-0.4, -0.2) is 26.3 Å². The molecule has 1 fully saturated rings. The van der Waals surface area contributed by atoms with E-state index in [1.54, 1.807) is 0 Å². The fourth-order valence-electron chi connectivity index (χ4n) is 2.37. The van der Waals surface area contributed by atoms with Crippen LogP contribution in [0.2, 0.25) is 0 Å². The minimum Gasteiger partial charge on any atom is -0.384 e. The van der Waals surface area contributed by atoms with Gasteiger partial charge in [-0.3, -0.25) is 0 Å². The Kier molecular flexibility index (Phi) is 4.90. The fourth-order valence-corrected chi connectivity index (χ4v) is 2.37. The predicted octanol–water partition coefficient (Wildman–Crippen LogP) is 2.29. The van der Waals surface area contributed by atoms with E-state index in [-0.39, 0.29) is 0 Å². The molecule has 2 atom stereocenters. The predicted molar refractivity (Wildman–Crippen MR) is 60.4 cm³/mol. The SMILES string of the molecule is CCNC(C(C)C)C(COC)C1CC1. The minimum atomic E-state index is 0.632. The zero-order valence-electron chi connectivity index (χ0n) is 10.0. The van der Waals surface area contributed by atoms with E-state index in [1.807, 2.05) is 7.11 Å². The normalized spacial score (nSPS) is 21.2. The van der Waals surface area contributed by atoms with E-state index in [9.17, 15) is 0 Å². The first-order chi connectivity index (χ1) is 6.70. The maximum absolute atomic E-state index is 5.34. The average Bonchev–Trinajstić information content (AvgIpc) is 2.94. The molecule has 84 valence electrons. The van der Waals surface area contributed by atoms with E-state index in [1.165, 1.54) is 12.8 Å². The number of methoxy groups -OCH3 is 1. The Morgan fingerprint density at radius 3 is 2.36 bits per heavy atom. The molecule has 0 aromatic carbocycles. The van der Waals surface area contributed by atoms with Gasteiger partial charge in [0.1, 0.15) is 0 Å². The zero-order valence-corrected chi connectivity index (χ0v) is 10.0. The molecule has 0 radical (unpaired) electrons. The lowest BCUT2D eigenvalue weighted by Crippen LogP contribution is -2.43. The number of hydrogen-bond donors (Lipinski definition) is 1. The summed E-state index contributed by atoms with van der Waals surface area (Å²) in [5.41, 5.74) is 0. The molecule has 0 aromatic rings. The molecule has 2 heteroatoms. The van der Waals surface area contributed by atoms with Crippen LogP contribution in [0.3, 0.4) is 0 Å². The molecule has 2 unspecified atom stereocenters. The van der Waals surface area contributed by atoms with Gasteiger partial charge in [0.25, 0.3) is 0 Å². The molecular formula is C12H25NO. The largest absolute Gasteiger partial charge is 0.384 e. The third kappa shape index (κ3) is 3.25. The topological polar surface area (TPSA) is 21.3 Å². The van der Waals surface area contributed by atoms with Gasteiger partial charge < -0.3 is 10.1 Å². The van der Waals surface area contributed by atoms with Crippen molar-refractivity contribution < 1.29 is 4.74 Å². The van der Waals surface area contributed by atoms with E-state index in [0.717, 1.165) is 25.0 Å². The highest BCUT2D eigenvalue weighted by Gasteiger charge is 2.37. The molecule has 1 rings (SSSR count). The smallest absolute Gasteiger partial charge is 0.0508 e. The van der Waals surface area contributed by atoms with Crippen molar-refractivity contribution in [3.05, 3.63) is 0 Å². The Morgan fingerprint density at radius 1 is 1.36 bits per heavy atom. The van der Waals surface area contributed by atoms with Crippen LogP contribution in [0.1, 0.15) is 33.6 Å². The Morgan fingerprint density at radius 2 is 2.00 bits per heavy atom. The maximum Gasteiger partial charge on any atom is 0.0508 e. The Bertz CT molecular complexity index is 144. The van der Waals surface area contributed by atoms with Gasteiger partial charge in [0.05, 0.1) is 6.61 Å². The van der Waals surface area contributed by atoms with Crippen molar-refractivity contribution in [2.75, 3.05) is 20.3 Å². The second-order valence-corrected chi connectivity index (χ2v) is 4.78. The number of ether oxygens (including phenoxy) is 1. The third-order valence-electron chi connectivity index (χ3n) is 3.21. The molecule has 1 aliphatic rings. The van der Waals surface area contributed by atoms with Crippen LogP contribution in [0.15, 0.2) is 0 Å². The van der Waals surface area contributed by atoms with Gasteiger partial charge >= 0.3 is 0 Å². The lowest BCUT2D eigenvalue weighted by atomic mass is 9.87. The molecule has 0 aliphatic heterocycles. The fraction of sp³-hybridized carbons (Fsp3) is 1.00. The van der Waals surface area contributed by atoms with Crippen molar-refractivity contribution in [1.82, 2.24) is 5.32 Å². The van der Waals surface area contributed by atoms with E-state index < -0.39 is 0 Å². The molecular weight excluding hydrogens is 174 g/mol. The molecule has 0 saturated heterocycles. The molecule has 0 amide bonds. The number of rotatable bonds is 7. The lowest BCUT2D eigenvalue weighted by molar-refractivity contribution is 0.105. The van der Waals surface area contributed by atoms with Gasteiger partial charge in [0.15, 0.2) is 0 Å². The molecule has 0 spiro atoms. The highest BCUT2D eigenvalue weighted by Crippen LogP contribution is 2.40. The van der Waals surface area contributed by atoms with Crippen molar-refractivity contribution in [2.24, 2.45) is 17.8 Å². The molecule has 1 saturated carbocycles. The quantitative estimate of drug-likeness (QED) is 0.679. The van der Waals surface area contributed by atoms with Crippen LogP contribution < -0.4 is 5.32 Å². The summed E-state index contributed by atoms with van der Waals surface area (Å²) >= 11 is 0. The summed E-state index contributed by atoms with van der Waals surface area (Å²) in [5.74, 6) is 2.34. The third-order valence-corrected chi connectivity index (χ3v) is 3.21. The first kappa shape index (κ1) is 12.0. The van der Waals surface area contributed by atoms with E-state index in [2.05, 4.69) is 26.1 Å². The second kappa shape index (κ2) is 5.72. The zero-order chi connectivity index (χ0) is 10.6. The monoisotopic (exact) mass is 199 g/mol. The van der Waals surface area contributed by atoms with Gasteiger partial charge in [-0.1, -0.05) is 20.8 Å². The molecule has 0 heterocycles. The summed E-state index contributed by atoms with van der Waals surface area (Å²) in [5, 5.41) is 3.61. The second-order valence-electron chi connectivity index (χ2n) is 4.78. The van der Waals surface area contributed by atoms with Gasteiger partial charge in [0, 0.05) is 19.1 Å². The van der Waals surface area contributed by atoms with E-state index in [0.29, 0.717) is 12.0 Å². The van der Waals surface area contributed by atoms with E-state index in [4.69, 9.17) is 4.74 Å². The van der Waals surface area contributed by atoms with Crippen LogP contribution in [0.5, 0.6) is 0 Å². The Labute approximate surface area is 88.4 Å². The van der Waals surface area contributed by atoms with E-state index >= 15 is 0 Å². The number of hydrogen-bond acceptors (Lipinski definition) is 2. The van der Waals surface area contributed by atoms with Crippen molar-refractivity contribution in [3.8, 4) is 0 Å². The van der Waals surface area contributed by atoms with Gasteiger partial charge in [-0.2, -0.15) is 0 Å². The Hall–Kier alpha value is -0.0800. The molecule has 0 aromatic heterocycles. The van der Waals surface area contributed by atoms with Gasteiger partial charge in [-0.15, -0.1) is 0 Å². The van der Waals surface area contributed by atoms with Crippen LogP contribution in [0.4, 0.5) is 0 Å². The van der Waals surface area contributed by atoms with Crippen LogP contribution in [0, 0.1) is 17.8 Å². The summed E-state index contributed by atoms with van der Waals surface area (Å²) in [6.45, 7) is 8.78. The summed E-state index contributed by atoms with van der Waals surface area (Å²) in [4.78, 5) is 0. The summed E-state index contributed by atoms with van der Waals surface area (Å²) in [7, 11) is 1.82. The van der Waals surface area contributed by atoms with Crippen molar-refractivity contribution in [1.29, 1.82) is 0 Å². The minimum absolute atomic E-state index is 0.632. The van der Waals surface area contributed by atoms with Gasteiger partial charge in [0.2, 0.25) is 0 Å². The summed E-state index contributed by atoms with van der Waals surface area (Å²) < 4.78 is 5.34. The van der Waals surface area contributed by atoms with Gasteiger partial charge in [-0.05, 0) is 31.2 Å². The van der Waals surface area contributed by atoms with Crippen LogP contribution >= 0.6 is 0 Å². The van der Waals surface area contributed by atoms with Crippen molar-refractivity contribution in [3.63, 3.8) is 0 Å². The first-order valence-electron chi connectivity index (χ1n) is 5.93. The van der Waals surface area contributed by atoms with Gasteiger partial charge in [-0.25, -0.2) is 0 Å².